The molecule has 0 saturated heterocycles. The number of imidazole rings is 1. The molecular formula is C21H24ClN3O2. The van der Waals surface area contributed by atoms with Gasteiger partial charge in [-0.15, -0.1) is 0 Å². The second kappa shape index (κ2) is 8.09. The van der Waals surface area contributed by atoms with Gasteiger partial charge in [0.1, 0.15) is 5.78 Å². The SMILES string of the molecule is CCCCCn1c(C)c(CC(C)=O)c(=O)n2cc(-c3cccc(Cl)c3)nc12. The molecule has 0 atom stereocenters. The van der Waals surface area contributed by atoms with Gasteiger partial charge in [-0.3, -0.25) is 14.0 Å². The van der Waals surface area contributed by atoms with Gasteiger partial charge in [-0.05, 0) is 32.4 Å². The summed E-state index contributed by atoms with van der Waals surface area (Å²) in [5, 5.41) is 0.621. The normalized spacial score (nSPS) is 11.3. The number of hydrogen-bond acceptors (Lipinski definition) is 3. The van der Waals surface area contributed by atoms with E-state index in [9.17, 15) is 9.59 Å². The summed E-state index contributed by atoms with van der Waals surface area (Å²) in [7, 11) is 0. The summed E-state index contributed by atoms with van der Waals surface area (Å²) in [6.45, 7) is 6.33. The van der Waals surface area contributed by atoms with Crippen LogP contribution in [0.25, 0.3) is 17.0 Å². The van der Waals surface area contributed by atoms with E-state index in [-0.39, 0.29) is 17.8 Å². The van der Waals surface area contributed by atoms with Gasteiger partial charge in [-0.2, -0.15) is 0 Å². The molecule has 0 saturated carbocycles. The molecule has 0 radical (unpaired) electrons. The van der Waals surface area contributed by atoms with Gasteiger partial charge in [-0.25, -0.2) is 4.98 Å². The van der Waals surface area contributed by atoms with Crippen molar-refractivity contribution in [3.63, 3.8) is 0 Å². The fourth-order valence-corrected chi connectivity index (χ4v) is 3.54. The number of nitrogens with zero attached hydrogens (tertiary/aromatic N) is 3. The summed E-state index contributed by atoms with van der Waals surface area (Å²) >= 11 is 6.11. The molecule has 0 unspecified atom stereocenters. The number of carbonyl (C=O) groups is 1. The van der Waals surface area contributed by atoms with Crippen molar-refractivity contribution in [2.24, 2.45) is 0 Å². The molecule has 3 aromatic rings. The molecule has 2 heterocycles. The second-order valence-corrected chi connectivity index (χ2v) is 7.35. The Labute approximate surface area is 163 Å². The summed E-state index contributed by atoms with van der Waals surface area (Å²) < 4.78 is 3.62. The van der Waals surface area contributed by atoms with Crippen LogP contribution in [0.5, 0.6) is 0 Å². The minimum Gasteiger partial charge on any atom is -0.315 e. The highest BCUT2D eigenvalue weighted by Gasteiger charge is 2.18. The van der Waals surface area contributed by atoms with E-state index >= 15 is 0 Å². The zero-order valence-electron chi connectivity index (χ0n) is 16.0. The molecule has 2 aromatic heterocycles. The average Bonchev–Trinajstić information content (AvgIpc) is 3.07. The quantitative estimate of drug-likeness (QED) is 0.564. The maximum absolute atomic E-state index is 13.0. The highest BCUT2D eigenvalue weighted by molar-refractivity contribution is 6.30. The lowest BCUT2D eigenvalue weighted by molar-refractivity contribution is -0.116. The average molecular weight is 386 g/mol. The molecule has 142 valence electrons. The maximum atomic E-state index is 13.0. The Kier molecular flexibility index (Phi) is 5.80. The van der Waals surface area contributed by atoms with Crippen LogP contribution in [0.3, 0.4) is 0 Å². The summed E-state index contributed by atoms with van der Waals surface area (Å²) in [6.07, 6.45) is 5.08. The van der Waals surface area contributed by atoms with Crippen LogP contribution in [0.1, 0.15) is 44.4 Å². The third-order valence-corrected chi connectivity index (χ3v) is 5.01. The molecule has 0 bridgehead atoms. The third kappa shape index (κ3) is 3.98. The van der Waals surface area contributed by atoms with E-state index in [4.69, 9.17) is 16.6 Å². The minimum atomic E-state index is -0.176. The number of halogens is 1. The number of carbonyl (C=O) groups excluding carboxylic acids is 1. The number of hydrogen-bond donors (Lipinski definition) is 0. The number of rotatable bonds is 7. The van der Waals surface area contributed by atoms with Crippen LogP contribution in [0.4, 0.5) is 0 Å². The lowest BCUT2D eigenvalue weighted by Crippen LogP contribution is -2.26. The topological polar surface area (TPSA) is 56.4 Å². The standard InChI is InChI=1S/C21H24ClN3O2/c1-4-5-6-10-24-15(3)18(11-14(2)26)20(27)25-13-19(23-21(24)25)16-8-7-9-17(22)12-16/h7-9,12-13H,4-6,10-11H2,1-3H3. The second-order valence-electron chi connectivity index (χ2n) is 6.91. The van der Waals surface area contributed by atoms with E-state index in [2.05, 4.69) is 11.5 Å². The molecule has 27 heavy (non-hydrogen) atoms. The molecule has 6 heteroatoms. The first-order valence-corrected chi connectivity index (χ1v) is 9.67. The Hall–Kier alpha value is -2.40. The summed E-state index contributed by atoms with van der Waals surface area (Å²) in [6, 6.07) is 7.42. The number of unbranched alkanes of at least 4 members (excludes halogenated alkanes) is 2. The molecular weight excluding hydrogens is 362 g/mol. The van der Waals surface area contributed by atoms with Crippen LogP contribution in [0.15, 0.2) is 35.3 Å². The maximum Gasteiger partial charge on any atom is 0.262 e. The Bertz CT molecular complexity index is 1050. The van der Waals surface area contributed by atoms with Gasteiger partial charge < -0.3 is 4.57 Å². The number of Topliss-reactive ketones (excluding diaryl/α,β-unsaturated/α-hetero) is 1. The zero-order valence-corrected chi connectivity index (χ0v) is 16.7. The Morgan fingerprint density at radius 1 is 1.26 bits per heavy atom. The van der Waals surface area contributed by atoms with E-state index in [1.54, 1.807) is 16.7 Å². The monoisotopic (exact) mass is 385 g/mol. The van der Waals surface area contributed by atoms with Crippen molar-refractivity contribution in [3.05, 3.63) is 57.1 Å². The molecule has 0 spiro atoms. The van der Waals surface area contributed by atoms with E-state index in [0.717, 1.165) is 37.1 Å². The molecule has 0 aliphatic rings. The van der Waals surface area contributed by atoms with Gasteiger partial charge >= 0.3 is 0 Å². The van der Waals surface area contributed by atoms with Crippen LogP contribution in [0.2, 0.25) is 5.02 Å². The predicted octanol–water partition coefficient (Wildman–Crippen LogP) is 4.45. The third-order valence-electron chi connectivity index (χ3n) is 4.78. The molecule has 5 nitrogen and oxygen atoms in total. The number of fused-ring (bicyclic) bond motifs is 1. The lowest BCUT2D eigenvalue weighted by atomic mass is 10.1. The highest BCUT2D eigenvalue weighted by Crippen LogP contribution is 2.23. The number of ketones is 1. The van der Waals surface area contributed by atoms with Gasteiger partial charge in [0.15, 0.2) is 0 Å². The summed E-state index contributed by atoms with van der Waals surface area (Å²) in [5.41, 5.74) is 2.74. The molecule has 0 aliphatic carbocycles. The van der Waals surface area contributed by atoms with Crippen molar-refractivity contribution in [2.75, 3.05) is 0 Å². The molecule has 0 aliphatic heterocycles. The predicted molar refractivity (Wildman–Crippen MR) is 109 cm³/mol. The van der Waals surface area contributed by atoms with E-state index in [1.807, 2.05) is 25.1 Å². The van der Waals surface area contributed by atoms with Crippen molar-refractivity contribution >= 4 is 23.2 Å². The molecule has 0 amide bonds. The van der Waals surface area contributed by atoms with Crippen LogP contribution in [-0.2, 0) is 17.8 Å². The van der Waals surface area contributed by atoms with E-state index in [0.29, 0.717) is 22.1 Å². The van der Waals surface area contributed by atoms with Crippen molar-refractivity contribution in [2.45, 2.75) is 53.0 Å². The largest absolute Gasteiger partial charge is 0.315 e. The fourth-order valence-electron chi connectivity index (χ4n) is 3.35. The van der Waals surface area contributed by atoms with Gasteiger partial charge in [0.25, 0.3) is 5.56 Å². The Morgan fingerprint density at radius 3 is 2.70 bits per heavy atom. The summed E-state index contributed by atoms with van der Waals surface area (Å²) in [5.74, 6) is 0.584. The van der Waals surface area contributed by atoms with Crippen LogP contribution >= 0.6 is 11.6 Å². The van der Waals surface area contributed by atoms with Crippen molar-refractivity contribution in [1.29, 1.82) is 0 Å². The van der Waals surface area contributed by atoms with E-state index in [1.165, 1.54) is 6.92 Å². The first kappa shape index (κ1) is 19.4. The zero-order chi connectivity index (χ0) is 19.6. The van der Waals surface area contributed by atoms with E-state index < -0.39 is 0 Å². The highest BCUT2D eigenvalue weighted by atomic mass is 35.5. The first-order chi connectivity index (χ1) is 12.9. The van der Waals surface area contributed by atoms with Crippen molar-refractivity contribution in [1.82, 2.24) is 14.0 Å². The Balaban J connectivity index is 2.22. The molecule has 0 N–H and O–H groups in total. The first-order valence-electron chi connectivity index (χ1n) is 9.29. The van der Waals surface area contributed by atoms with Gasteiger partial charge in [0, 0.05) is 41.0 Å². The number of aryl methyl sites for hydroxylation is 1. The minimum absolute atomic E-state index is 0.0233. The fraction of sp³-hybridized carbons (Fsp3) is 0.381. The Morgan fingerprint density at radius 2 is 2.04 bits per heavy atom. The van der Waals surface area contributed by atoms with Crippen LogP contribution in [0, 0.1) is 6.92 Å². The molecule has 0 fully saturated rings. The van der Waals surface area contributed by atoms with Gasteiger partial charge in [-0.1, -0.05) is 43.5 Å². The molecule has 3 rings (SSSR count). The van der Waals surface area contributed by atoms with Crippen LogP contribution < -0.4 is 5.56 Å². The lowest BCUT2D eigenvalue weighted by Gasteiger charge is -2.15. The summed E-state index contributed by atoms with van der Waals surface area (Å²) in [4.78, 5) is 29.4. The van der Waals surface area contributed by atoms with Gasteiger partial charge in [0.2, 0.25) is 5.78 Å². The van der Waals surface area contributed by atoms with Crippen LogP contribution in [-0.4, -0.2) is 19.7 Å². The smallest absolute Gasteiger partial charge is 0.262 e. The number of benzene rings is 1. The molecule has 1 aromatic carbocycles. The van der Waals surface area contributed by atoms with Crippen molar-refractivity contribution in [3.8, 4) is 11.3 Å². The number of aromatic nitrogens is 3. The van der Waals surface area contributed by atoms with Gasteiger partial charge in [0.05, 0.1) is 5.69 Å². The van der Waals surface area contributed by atoms with Crippen molar-refractivity contribution < 1.29 is 4.79 Å².